The maximum Gasteiger partial charge on any atom is 0.250 e. The van der Waals surface area contributed by atoms with Crippen LogP contribution < -0.4 is 10.5 Å². The molecule has 0 saturated heterocycles. The van der Waals surface area contributed by atoms with Crippen LogP contribution in [0.4, 0.5) is 0 Å². The van der Waals surface area contributed by atoms with Crippen molar-refractivity contribution in [2.24, 2.45) is 5.73 Å². The van der Waals surface area contributed by atoms with Crippen LogP contribution in [0.5, 0.6) is 11.6 Å². The molecule has 3 rings (SSSR count). The number of halogens is 1. The summed E-state index contributed by atoms with van der Waals surface area (Å²) in [7, 11) is 0. The van der Waals surface area contributed by atoms with Gasteiger partial charge < -0.3 is 10.5 Å². The first-order valence-electron chi connectivity index (χ1n) is 6.89. The number of aryl methyl sites for hydroxylation is 1. The second-order valence-electron chi connectivity index (χ2n) is 5.08. The molecule has 0 atom stereocenters. The lowest BCUT2D eigenvalue weighted by molar-refractivity contribution is 0.1000. The van der Waals surface area contributed by atoms with Gasteiger partial charge in [-0.25, -0.2) is 4.98 Å². The standard InChI is InChI=1S/C16H15ClN2O2/c17-13-8-11(15(18)20)9-19-16(13)21-14-7-3-5-10-4-1-2-6-12(10)14/h3,5,7-9H,1-2,4,6H2,(H2,18,20). The molecular formula is C16H15ClN2O2. The molecule has 0 aliphatic heterocycles. The molecule has 2 aromatic rings. The molecule has 0 bridgehead atoms. The van der Waals surface area contributed by atoms with Gasteiger partial charge in [-0.05, 0) is 48.9 Å². The van der Waals surface area contributed by atoms with E-state index < -0.39 is 5.91 Å². The van der Waals surface area contributed by atoms with Crippen LogP contribution in [0.3, 0.4) is 0 Å². The number of nitrogens with zero attached hydrogens (tertiary/aromatic N) is 1. The number of ether oxygens (including phenoxy) is 1. The van der Waals surface area contributed by atoms with E-state index in [-0.39, 0.29) is 10.6 Å². The first-order chi connectivity index (χ1) is 10.1. The third-order valence-corrected chi connectivity index (χ3v) is 3.92. The van der Waals surface area contributed by atoms with Gasteiger partial charge in [0.15, 0.2) is 0 Å². The van der Waals surface area contributed by atoms with E-state index in [1.165, 1.54) is 29.8 Å². The summed E-state index contributed by atoms with van der Waals surface area (Å²) in [6.45, 7) is 0. The molecule has 5 heteroatoms. The van der Waals surface area contributed by atoms with Gasteiger partial charge in [0.2, 0.25) is 11.8 Å². The van der Waals surface area contributed by atoms with E-state index in [4.69, 9.17) is 22.1 Å². The van der Waals surface area contributed by atoms with E-state index >= 15 is 0 Å². The number of nitrogens with two attached hydrogens (primary N) is 1. The van der Waals surface area contributed by atoms with Crippen LogP contribution >= 0.6 is 11.6 Å². The van der Waals surface area contributed by atoms with Gasteiger partial charge in [0.25, 0.3) is 0 Å². The third-order valence-electron chi connectivity index (χ3n) is 3.65. The Morgan fingerprint density at radius 3 is 2.86 bits per heavy atom. The summed E-state index contributed by atoms with van der Waals surface area (Å²) >= 11 is 6.11. The smallest absolute Gasteiger partial charge is 0.250 e. The van der Waals surface area contributed by atoms with Crippen molar-refractivity contribution in [3.05, 3.63) is 52.2 Å². The monoisotopic (exact) mass is 302 g/mol. The molecule has 0 radical (unpaired) electrons. The van der Waals surface area contributed by atoms with Crippen LogP contribution in [-0.2, 0) is 12.8 Å². The minimum atomic E-state index is -0.562. The van der Waals surface area contributed by atoms with Crippen molar-refractivity contribution in [3.63, 3.8) is 0 Å². The summed E-state index contributed by atoms with van der Waals surface area (Å²) in [5.74, 6) is 0.516. The van der Waals surface area contributed by atoms with Crippen molar-refractivity contribution in [2.45, 2.75) is 25.7 Å². The fraction of sp³-hybridized carbons (Fsp3) is 0.250. The zero-order valence-corrected chi connectivity index (χ0v) is 12.2. The van der Waals surface area contributed by atoms with Gasteiger partial charge in [-0.3, -0.25) is 4.79 Å². The van der Waals surface area contributed by atoms with Crippen LogP contribution in [-0.4, -0.2) is 10.9 Å². The average molecular weight is 303 g/mol. The number of amides is 1. The molecule has 1 amide bonds. The average Bonchev–Trinajstić information content (AvgIpc) is 2.49. The highest BCUT2D eigenvalue weighted by molar-refractivity contribution is 6.32. The molecular weight excluding hydrogens is 288 g/mol. The number of fused-ring (bicyclic) bond motifs is 1. The maximum absolute atomic E-state index is 11.1. The number of aromatic nitrogens is 1. The van der Waals surface area contributed by atoms with E-state index in [0.29, 0.717) is 5.88 Å². The zero-order chi connectivity index (χ0) is 14.8. The fourth-order valence-corrected chi connectivity index (χ4v) is 2.79. The zero-order valence-electron chi connectivity index (χ0n) is 11.4. The largest absolute Gasteiger partial charge is 0.437 e. The minimum absolute atomic E-state index is 0.266. The van der Waals surface area contributed by atoms with Crippen molar-refractivity contribution in [3.8, 4) is 11.6 Å². The second-order valence-corrected chi connectivity index (χ2v) is 5.49. The predicted octanol–water partition coefficient (Wildman–Crippen LogP) is 3.51. The topological polar surface area (TPSA) is 65.2 Å². The Hall–Kier alpha value is -2.07. The Morgan fingerprint density at radius 2 is 2.10 bits per heavy atom. The summed E-state index contributed by atoms with van der Waals surface area (Å²) in [5, 5.41) is 0.278. The van der Waals surface area contributed by atoms with Gasteiger partial charge in [-0.1, -0.05) is 23.7 Å². The molecule has 108 valence electrons. The summed E-state index contributed by atoms with van der Waals surface area (Å²) < 4.78 is 5.85. The Kier molecular flexibility index (Phi) is 3.80. The molecule has 0 unspecified atom stereocenters. The van der Waals surface area contributed by atoms with E-state index in [1.54, 1.807) is 0 Å². The minimum Gasteiger partial charge on any atom is -0.437 e. The van der Waals surface area contributed by atoms with Crippen molar-refractivity contribution < 1.29 is 9.53 Å². The Balaban J connectivity index is 1.92. The maximum atomic E-state index is 11.1. The van der Waals surface area contributed by atoms with Gasteiger partial charge in [-0.2, -0.15) is 0 Å². The summed E-state index contributed by atoms with van der Waals surface area (Å²) in [6.07, 6.45) is 5.83. The molecule has 2 N–H and O–H groups in total. The lowest BCUT2D eigenvalue weighted by Crippen LogP contribution is -2.11. The number of benzene rings is 1. The number of hydrogen-bond donors (Lipinski definition) is 1. The molecule has 4 nitrogen and oxygen atoms in total. The SMILES string of the molecule is NC(=O)c1cnc(Oc2cccc3c2CCCC3)c(Cl)c1. The van der Waals surface area contributed by atoms with Crippen molar-refractivity contribution >= 4 is 17.5 Å². The van der Waals surface area contributed by atoms with Crippen LogP contribution in [0, 0.1) is 0 Å². The van der Waals surface area contributed by atoms with E-state index in [0.717, 1.165) is 25.0 Å². The fourth-order valence-electron chi connectivity index (χ4n) is 2.58. The van der Waals surface area contributed by atoms with Gasteiger partial charge >= 0.3 is 0 Å². The molecule has 0 spiro atoms. The number of primary amides is 1. The van der Waals surface area contributed by atoms with Gasteiger partial charge in [0.1, 0.15) is 10.8 Å². The van der Waals surface area contributed by atoms with Crippen molar-refractivity contribution in [2.75, 3.05) is 0 Å². The molecule has 1 aromatic carbocycles. The Bertz CT molecular complexity index is 701. The molecule has 1 aliphatic carbocycles. The lowest BCUT2D eigenvalue weighted by atomic mass is 9.91. The van der Waals surface area contributed by atoms with Gasteiger partial charge in [0.05, 0.1) is 5.56 Å². The van der Waals surface area contributed by atoms with E-state index in [2.05, 4.69) is 11.1 Å². The van der Waals surface area contributed by atoms with E-state index in [9.17, 15) is 4.79 Å². The van der Waals surface area contributed by atoms with Gasteiger partial charge in [0, 0.05) is 6.20 Å². The quantitative estimate of drug-likeness (QED) is 0.943. The van der Waals surface area contributed by atoms with Crippen molar-refractivity contribution in [1.29, 1.82) is 0 Å². The number of rotatable bonds is 3. The lowest BCUT2D eigenvalue weighted by Gasteiger charge is -2.19. The third kappa shape index (κ3) is 2.85. The van der Waals surface area contributed by atoms with Crippen LogP contribution in [0.15, 0.2) is 30.5 Å². The van der Waals surface area contributed by atoms with Crippen LogP contribution in [0.2, 0.25) is 5.02 Å². The van der Waals surface area contributed by atoms with Crippen molar-refractivity contribution in [1.82, 2.24) is 4.98 Å². The van der Waals surface area contributed by atoms with Gasteiger partial charge in [-0.15, -0.1) is 0 Å². The highest BCUT2D eigenvalue weighted by Gasteiger charge is 2.16. The number of pyridine rings is 1. The predicted molar refractivity (Wildman–Crippen MR) is 80.9 cm³/mol. The first kappa shape index (κ1) is 13.9. The normalized spacial score (nSPS) is 13.6. The summed E-state index contributed by atoms with van der Waals surface area (Å²) in [5.41, 5.74) is 8.01. The van der Waals surface area contributed by atoms with E-state index in [1.807, 2.05) is 12.1 Å². The van der Waals surface area contributed by atoms with Crippen LogP contribution in [0.25, 0.3) is 0 Å². The molecule has 0 fully saturated rings. The molecule has 21 heavy (non-hydrogen) atoms. The molecule has 1 heterocycles. The molecule has 1 aromatic heterocycles. The van der Waals surface area contributed by atoms with Crippen LogP contribution in [0.1, 0.15) is 34.3 Å². The summed E-state index contributed by atoms with van der Waals surface area (Å²) in [6, 6.07) is 7.50. The number of hydrogen-bond acceptors (Lipinski definition) is 3. The molecule has 1 aliphatic rings. The first-order valence-corrected chi connectivity index (χ1v) is 7.27. The summed E-state index contributed by atoms with van der Waals surface area (Å²) in [4.78, 5) is 15.2. The Labute approximate surface area is 127 Å². The number of carbonyl (C=O) groups excluding carboxylic acids is 1. The highest BCUT2D eigenvalue weighted by atomic mass is 35.5. The Morgan fingerprint density at radius 1 is 1.29 bits per heavy atom. The number of carbonyl (C=O) groups is 1. The molecule has 0 saturated carbocycles. The second kappa shape index (κ2) is 5.74. The highest BCUT2D eigenvalue weighted by Crippen LogP contribution is 2.34.